The fourth-order valence-corrected chi connectivity index (χ4v) is 3.13. The second-order valence-corrected chi connectivity index (χ2v) is 6.24. The first-order valence-electron chi connectivity index (χ1n) is 8.34. The van der Waals surface area contributed by atoms with E-state index in [1.54, 1.807) is 35.1 Å². The van der Waals surface area contributed by atoms with Crippen molar-refractivity contribution in [3.8, 4) is 11.1 Å². The van der Waals surface area contributed by atoms with Gasteiger partial charge in [0, 0.05) is 11.8 Å². The minimum absolute atomic E-state index is 0.0626. The number of aliphatic hydroxyl groups is 1. The molecule has 130 valence electrons. The van der Waals surface area contributed by atoms with Gasteiger partial charge in [-0.25, -0.2) is 0 Å². The fraction of sp³-hybridized carbons (Fsp3) is 0.150. The Bertz CT molecular complexity index is 930. The van der Waals surface area contributed by atoms with E-state index in [2.05, 4.69) is 5.10 Å². The Morgan fingerprint density at radius 2 is 1.46 bits per heavy atom. The summed E-state index contributed by atoms with van der Waals surface area (Å²) in [5.74, 6) is -0.731. The number of benzene rings is 2. The molecule has 1 aliphatic rings. The molecule has 0 spiro atoms. The number of nitrogens with zero attached hydrogens (tertiary/aromatic N) is 3. The lowest BCUT2D eigenvalue weighted by Crippen LogP contribution is -2.38. The largest absolute Gasteiger partial charge is 0.389 e. The Hall–Kier alpha value is -3.25. The highest BCUT2D eigenvalue weighted by molar-refractivity contribution is 6.21. The molecule has 1 atom stereocenters. The zero-order chi connectivity index (χ0) is 18.1. The number of carbonyl (C=O) groups is 2. The molecule has 26 heavy (non-hydrogen) atoms. The molecule has 0 saturated heterocycles. The van der Waals surface area contributed by atoms with Gasteiger partial charge in [0.2, 0.25) is 0 Å². The number of β-amino-alcohol motifs (C(OH)–C–C–N with tert-alkyl or cyclic N) is 1. The summed E-state index contributed by atoms with van der Waals surface area (Å²) in [6.45, 7) is 0.132. The van der Waals surface area contributed by atoms with Gasteiger partial charge in [0.1, 0.15) is 0 Å². The molecule has 1 aromatic heterocycles. The number of amides is 2. The van der Waals surface area contributed by atoms with Gasteiger partial charge in [-0.1, -0.05) is 42.5 Å². The summed E-state index contributed by atoms with van der Waals surface area (Å²) in [5, 5.41) is 14.6. The Morgan fingerprint density at radius 3 is 2.12 bits per heavy atom. The van der Waals surface area contributed by atoms with Gasteiger partial charge < -0.3 is 5.11 Å². The Kier molecular flexibility index (Phi) is 4.10. The molecule has 4 rings (SSSR count). The van der Waals surface area contributed by atoms with Crippen molar-refractivity contribution in [2.24, 2.45) is 0 Å². The lowest BCUT2D eigenvalue weighted by molar-refractivity contribution is 0.0515. The topological polar surface area (TPSA) is 75.4 Å². The zero-order valence-corrected chi connectivity index (χ0v) is 13.9. The van der Waals surface area contributed by atoms with E-state index in [1.165, 1.54) is 0 Å². The molecule has 1 N–H and O–H groups in total. The Morgan fingerprint density at radius 1 is 0.846 bits per heavy atom. The van der Waals surface area contributed by atoms with Gasteiger partial charge in [-0.3, -0.25) is 19.2 Å². The average Bonchev–Trinajstić information content (AvgIpc) is 3.22. The van der Waals surface area contributed by atoms with Crippen molar-refractivity contribution >= 4 is 11.8 Å². The molecule has 0 unspecified atom stereocenters. The standard InChI is InChI=1S/C20H17N3O3/c24-16(12-22-11-15(10-21-22)14-6-2-1-3-7-14)13-23-19(25)17-8-4-5-9-18(17)20(23)26/h1-11,16,24H,12-13H2/t16-/m1/s1. The first-order valence-corrected chi connectivity index (χ1v) is 8.34. The van der Waals surface area contributed by atoms with Gasteiger partial charge >= 0.3 is 0 Å². The van der Waals surface area contributed by atoms with E-state index in [0.717, 1.165) is 16.0 Å². The van der Waals surface area contributed by atoms with Gasteiger partial charge in [0.25, 0.3) is 11.8 Å². The van der Waals surface area contributed by atoms with Crippen LogP contribution >= 0.6 is 0 Å². The van der Waals surface area contributed by atoms with Gasteiger partial charge in [-0.15, -0.1) is 0 Å². The number of rotatable bonds is 5. The number of aromatic nitrogens is 2. The lowest BCUT2D eigenvalue weighted by Gasteiger charge is -2.18. The van der Waals surface area contributed by atoms with Crippen LogP contribution in [-0.2, 0) is 6.54 Å². The van der Waals surface area contributed by atoms with E-state index >= 15 is 0 Å². The third-order valence-electron chi connectivity index (χ3n) is 4.41. The van der Waals surface area contributed by atoms with Crippen molar-refractivity contribution in [1.29, 1.82) is 0 Å². The average molecular weight is 347 g/mol. The van der Waals surface area contributed by atoms with Crippen LogP contribution in [0.4, 0.5) is 0 Å². The highest BCUT2D eigenvalue weighted by atomic mass is 16.3. The molecule has 0 aliphatic carbocycles. The molecule has 0 radical (unpaired) electrons. The van der Waals surface area contributed by atoms with Crippen LogP contribution in [0.5, 0.6) is 0 Å². The molecule has 6 nitrogen and oxygen atoms in total. The third-order valence-corrected chi connectivity index (χ3v) is 4.41. The molecule has 0 fully saturated rings. The van der Waals surface area contributed by atoms with Crippen molar-refractivity contribution in [3.63, 3.8) is 0 Å². The maximum atomic E-state index is 12.4. The second-order valence-electron chi connectivity index (χ2n) is 6.24. The second kappa shape index (κ2) is 6.57. The molecular weight excluding hydrogens is 330 g/mol. The van der Waals surface area contributed by atoms with Crippen LogP contribution in [0, 0.1) is 0 Å². The number of fused-ring (bicyclic) bond motifs is 1. The van der Waals surface area contributed by atoms with Crippen LogP contribution in [0.15, 0.2) is 67.0 Å². The van der Waals surface area contributed by atoms with Gasteiger partial charge in [-0.2, -0.15) is 5.10 Å². The van der Waals surface area contributed by atoms with E-state index in [1.807, 2.05) is 36.5 Å². The maximum absolute atomic E-state index is 12.4. The summed E-state index contributed by atoms with van der Waals surface area (Å²) in [6.07, 6.45) is 2.66. The first kappa shape index (κ1) is 16.2. The molecule has 6 heteroatoms. The predicted octanol–water partition coefficient (Wildman–Crippen LogP) is 2.21. The van der Waals surface area contributed by atoms with E-state index in [9.17, 15) is 14.7 Å². The van der Waals surface area contributed by atoms with Crippen molar-refractivity contribution < 1.29 is 14.7 Å². The molecule has 0 bridgehead atoms. The van der Waals surface area contributed by atoms with Gasteiger partial charge in [-0.05, 0) is 17.7 Å². The normalized spacial score (nSPS) is 14.6. The van der Waals surface area contributed by atoms with E-state index in [0.29, 0.717) is 11.1 Å². The zero-order valence-electron chi connectivity index (χ0n) is 13.9. The summed E-state index contributed by atoms with van der Waals surface area (Å²) in [6, 6.07) is 16.5. The number of imide groups is 1. The number of hydrogen-bond acceptors (Lipinski definition) is 4. The lowest BCUT2D eigenvalue weighted by atomic mass is 10.1. The maximum Gasteiger partial charge on any atom is 0.261 e. The van der Waals surface area contributed by atoms with Crippen molar-refractivity contribution in [1.82, 2.24) is 14.7 Å². The van der Waals surface area contributed by atoms with Gasteiger partial charge in [0.05, 0.1) is 36.5 Å². The highest BCUT2D eigenvalue weighted by Crippen LogP contribution is 2.23. The predicted molar refractivity (Wildman–Crippen MR) is 95.5 cm³/mol. The minimum atomic E-state index is -0.902. The van der Waals surface area contributed by atoms with Crippen LogP contribution in [0.2, 0.25) is 0 Å². The van der Waals surface area contributed by atoms with Crippen LogP contribution in [0.3, 0.4) is 0 Å². The first-order chi connectivity index (χ1) is 12.6. The van der Waals surface area contributed by atoms with Crippen molar-refractivity contribution in [2.45, 2.75) is 12.6 Å². The quantitative estimate of drug-likeness (QED) is 0.718. The summed E-state index contributed by atoms with van der Waals surface area (Å²) >= 11 is 0. The summed E-state index contributed by atoms with van der Waals surface area (Å²) in [7, 11) is 0. The van der Waals surface area contributed by atoms with E-state index < -0.39 is 6.10 Å². The van der Waals surface area contributed by atoms with E-state index in [4.69, 9.17) is 0 Å². The van der Waals surface area contributed by atoms with Crippen LogP contribution in [0.1, 0.15) is 20.7 Å². The van der Waals surface area contributed by atoms with Crippen LogP contribution in [0.25, 0.3) is 11.1 Å². The SMILES string of the molecule is O=C1c2ccccc2C(=O)N1C[C@H](O)Cn1cc(-c2ccccc2)cn1. The molecule has 2 aromatic carbocycles. The highest BCUT2D eigenvalue weighted by Gasteiger charge is 2.36. The van der Waals surface area contributed by atoms with Crippen LogP contribution in [-0.4, -0.2) is 44.3 Å². The summed E-state index contributed by atoms with van der Waals surface area (Å²) in [5.41, 5.74) is 2.75. The van der Waals surface area contributed by atoms with Crippen molar-refractivity contribution in [2.75, 3.05) is 6.54 Å². The molecule has 3 aromatic rings. The molecular formula is C20H17N3O3. The number of aliphatic hydroxyl groups excluding tert-OH is 1. The van der Waals surface area contributed by atoms with Gasteiger partial charge in [0.15, 0.2) is 0 Å². The smallest absolute Gasteiger partial charge is 0.261 e. The molecule has 1 aliphatic heterocycles. The molecule has 2 heterocycles. The Labute approximate surface area is 150 Å². The van der Waals surface area contributed by atoms with Crippen molar-refractivity contribution in [3.05, 3.63) is 78.1 Å². The molecule has 2 amide bonds. The third kappa shape index (κ3) is 2.91. The van der Waals surface area contributed by atoms with E-state index in [-0.39, 0.29) is 24.9 Å². The fourth-order valence-electron chi connectivity index (χ4n) is 3.13. The van der Waals surface area contributed by atoms with Crippen LogP contribution < -0.4 is 0 Å². The summed E-state index contributed by atoms with van der Waals surface area (Å²) < 4.78 is 1.62. The Balaban J connectivity index is 1.44. The molecule has 0 saturated carbocycles. The monoisotopic (exact) mass is 347 g/mol. The number of carbonyl (C=O) groups excluding carboxylic acids is 2. The minimum Gasteiger partial charge on any atom is -0.389 e. The number of hydrogen-bond donors (Lipinski definition) is 1. The summed E-state index contributed by atoms with van der Waals surface area (Å²) in [4.78, 5) is 25.8.